The minimum absolute atomic E-state index is 0.0203. The van der Waals surface area contributed by atoms with Gasteiger partial charge in [0, 0.05) is 12.6 Å². The molecule has 0 aliphatic rings. The van der Waals surface area contributed by atoms with Gasteiger partial charge in [0.1, 0.15) is 18.4 Å². The number of carbonyl (C=O) groups is 2. The van der Waals surface area contributed by atoms with Crippen LogP contribution in [0, 0.1) is 5.82 Å². The van der Waals surface area contributed by atoms with E-state index in [-0.39, 0.29) is 28.3 Å². The number of hydrogen-bond donors (Lipinski definition) is 1. The number of sulfonamides is 1. The van der Waals surface area contributed by atoms with E-state index >= 15 is 0 Å². The van der Waals surface area contributed by atoms with E-state index in [1.54, 1.807) is 13.8 Å². The Morgan fingerprint density at radius 3 is 2.21 bits per heavy atom. The predicted molar refractivity (Wildman–Crippen MR) is 128 cm³/mol. The lowest BCUT2D eigenvalue weighted by Crippen LogP contribution is -2.52. The van der Waals surface area contributed by atoms with Crippen molar-refractivity contribution in [1.29, 1.82) is 0 Å². The summed E-state index contributed by atoms with van der Waals surface area (Å²) in [7, 11) is -3.94. The summed E-state index contributed by atoms with van der Waals surface area (Å²) >= 11 is 12.2. The van der Waals surface area contributed by atoms with E-state index in [9.17, 15) is 22.4 Å². The number of hydrogen-bond acceptors (Lipinski definition) is 4. The molecule has 1 atom stereocenters. The zero-order chi connectivity index (χ0) is 24.9. The normalized spacial score (nSPS) is 12.4. The van der Waals surface area contributed by atoms with Crippen LogP contribution < -0.4 is 9.62 Å². The molecule has 0 aliphatic carbocycles. The van der Waals surface area contributed by atoms with Gasteiger partial charge in [0.25, 0.3) is 0 Å². The summed E-state index contributed by atoms with van der Waals surface area (Å²) in [5.74, 6) is -1.50. The topological polar surface area (TPSA) is 86.8 Å². The first-order valence-electron chi connectivity index (χ1n) is 10.1. The molecule has 0 bridgehead atoms. The monoisotopic (exact) mass is 517 g/mol. The smallest absolute Gasteiger partial charge is 0.244 e. The Bertz CT molecular complexity index is 1110. The number of nitrogens with zero attached hydrogens (tertiary/aromatic N) is 2. The maximum absolute atomic E-state index is 13.4. The van der Waals surface area contributed by atoms with E-state index < -0.39 is 40.2 Å². The summed E-state index contributed by atoms with van der Waals surface area (Å²) in [5, 5.41) is 2.85. The summed E-state index contributed by atoms with van der Waals surface area (Å²) < 4.78 is 39.2. The molecule has 0 saturated heterocycles. The van der Waals surface area contributed by atoms with Crippen molar-refractivity contribution in [3.05, 3.63) is 63.9 Å². The van der Waals surface area contributed by atoms with Crippen LogP contribution in [0.25, 0.3) is 0 Å². The Morgan fingerprint density at radius 2 is 1.67 bits per heavy atom. The number of rotatable bonds is 9. The van der Waals surface area contributed by atoms with Gasteiger partial charge in [-0.05, 0) is 50.6 Å². The fourth-order valence-corrected chi connectivity index (χ4v) is 4.36. The first-order valence-corrected chi connectivity index (χ1v) is 12.7. The SMILES string of the molecule is CC(C)NC(=O)[C@@H](C)N(Cc1ccc(F)cc1)C(=O)CN(c1cccc(Cl)c1Cl)S(C)(=O)=O. The number of halogens is 3. The van der Waals surface area contributed by atoms with Crippen LogP contribution in [0.1, 0.15) is 26.3 Å². The summed E-state index contributed by atoms with van der Waals surface area (Å²) in [6.45, 7) is 4.45. The average Bonchev–Trinajstić information content (AvgIpc) is 2.72. The third-order valence-electron chi connectivity index (χ3n) is 4.74. The van der Waals surface area contributed by atoms with Gasteiger partial charge in [0.2, 0.25) is 21.8 Å². The third kappa shape index (κ3) is 7.31. The zero-order valence-corrected chi connectivity index (χ0v) is 21.0. The highest BCUT2D eigenvalue weighted by atomic mass is 35.5. The Kier molecular flexibility index (Phi) is 9.11. The van der Waals surface area contributed by atoms with Gasteiger partial charge in [0.15, 0.2) is 0 Å². The van der Waals surface area contributed by atoms with Gasteiger partial charge < -0.3 is 10.2 Å². The maximum Gasteiger partial charge on any atom is 0.244 e. The molecule has 0 unspecified atom stereocenters. The second kappa shape index (κ2) is 11.2. The number of carbonyl (C=O) groups excluding carboxylic acids is 2. The Balaban J connectivity index is 2.43. The molecule has 2 rings (SSSR count). The second-order valence-corrected chi connectivity index (χ2v) is 10.5. The highest BCUT2D eigenvalue weighted by Crippen LogP contribution is 2.33. The van der Waals surface area contributed by atoms with Crippen LogP contribution in [0.5, 0.6) is 0 Å². The van der Waals surface area contributed by atoms with Gasteiger partial charge >= 0.3 is 0 Å². The van der Waals surface area contributed by atoms with E-state index in [1.807, 2.05) is 0 Å². The van der Waals surface area contributed by atoms with Gasteiger partial charge in [-0.2, -0.15) is 0 Å². The molecule has 0 spiro atoms. The molecule has 180 valence electrons. The molecule has 0 heterocycles. The van der Waals surface area contributed by atoms with Gasteiger partial charge in [-0.1, -0.05) is 41.4 Å². The van der Waals surface area contributed by atoms with Crippen LogP contribution >= 0.6 is 23.2 Å². The molecule has 1 N–H and O–H groups in total. The van der Waals surface area contributed by atoms with Crippen LogP contribution in [0.2, 0.25) is 10.0 Å². The molecule has 2 amide bonds. The molecule has 0 fully saturated rings. The van der Waals surface area contributed by atoms with Crippen molar-refractivity contribution in [3.8, 4) is 0 Å². The van der Waals surface area contributed by atoms with Gasteiger partial charge in [-0.15, -0.1) is 0 Å². The summed E-state index contributed by atoms with van der Waals surface area (Å²) in [5.41, 5.74) is 0.613. The predicted octanol–water partition coefficient (Wildman–Crippen LogP) is 3.84. The third-order valence-corrected chi connectivity index (χ3v) is 6.68. The Labute approximate surface area is 203 Å². The van der Waals surface area contributed by atoms with E-state index in [4.69, 9.17) is 23.2 Å². The highest BCUT2D eigenvalue weighted by molar-refractivity contribution is 7.92. The fraction of sp³-hybridized carbons (Fsp3) is 0.364. The number of anilines is 1. The van der Waals surface area contributed by atoms with Crippen LogP contribution in [0.3, 0.4) is 0 Å². The van der Waals surface area contributed by atoms with Crippen LogP contribution in [-0.2, 0) is 26.2 Å². The first-order chi connectivity index (χ1) is 15.3. The van der Waals surface area contributed by atoms with Crippen molar-refractivity contribution in [2.75, 3.05) is 17.1 Å². The quantitative estimate of drug-likeness (QED) is 0.547. The van der Waals surface area contributed by atoms with Gasteiger partial charge in [0.05, 0.1) is 22.0 Å². The van der Waals surface area contributed by atoms with E-state index in [2.05, 4.69) is 5.32 Å². The molecule has 2 aromatic carbocycles. The molecule has 0 radical (unpaired) electrons. The van der Waals surface area contributed by atoms with Crippen molar-refractivity contribution in [2.45, 2.75) is 39.4 Å². The molecule has 7 nitrogen and oxygen atoms in total. The molecule has 0 aromatic heterocycles. The zero-order valence-electron chi connectivity index (χ0n) is 18.7. The second-order valence-electron chi connectivity index (χ2n) is 7.83. The van der Waals surface area contributed by atoms with E-state index in [0.29, 0.717) is 5.56 Å². The maximum atomic E-state index is 13.4. The summed E-state index contributed by atoms with van der Waals surface area (Å²) in [4.78, 5) is 27.3. The molecule has 11 heteroatoms. The minimum Gasteiger partial charge on any atom is -0.352 e. The van der Waals surface area contributed by atoms with Crippen molar-refractivity contribution >= 4 is 50.7 Å². The number of benzene rings is 2. The van der Waals surface area contributed by atoms with Crippen LogP contribution in [0.4, 0.5) is 10.1 Å². The van der Waals surface area contributed by atoms with Gasteiger partial charge in [-0.3, -0.25) is 13.9 Å². The molecule has 33 heavy (non-hydrogen) atoms. The molecule has 0 aliphatic heterocycles. The van der Waals surface area contributed by atoms with Crippen LogP contribution in [-0.4, -0.2) is 50.0 Å². The highest BCUT2D eigenvalue weighted by Gasteiger charge is 2.31. The standard InChI is InChI=1S/C22H26Cl2FN3O4S/c1-14(2)26-22(30)15(3)27(12-16-8-10-17(25)11-9-16)20(29)13-28(33(4,31)32)19-7-5-6-18(23)21(19)24/h5-11,14-15H,12-13H2,1-4H3,(H,26,30)/t15-/m1/s1. The summed E-state index contributed by atoms with van der Waals surface area (Å²) in [6.07, 6.45) is 0.941. The minimum atomic E-state index is -3.94. The largest absolute Gasteiger partial charge is 0.352 e. The summed E-state index contributed by atoms with van der Waals surface area (Å²) in [6, 6.07) is 8.81. The molecule has 0 saturated carbocycles. The van der Waals surface area contributed by atoms with E-state index in [0.717, 1.165) is 10.6 Å². The van der Waals surface area contributed by atoms with Gasteiger partial charge in [-0.25, -0.2) is 12.8 Å². The lowest BCUT2D eigenvalue weighted by Gasteiger charge is -2.32. The lowest BCUT2D eigenvalue weighted by atomic mass is 10.1. The lowest BCUT2D eigenvalue weighted by molar-refractivity contribution is -0.139. The van der Waals surface area contributed by atoms with E-state index in [1.165, 1.54) is 54.3 Å². The molecular weight excluding hydrogens is 492 g/mol. The molecular formula is C22H26Cl2FN3O4S. The first kappa shape index (κ1) is 26.9. The van der Waals surface area contributed by atoms with Crippen molar-refractivity contribution in [3.63, 3.8) is 0 Å². The van der Waals surface area contributed by atoms with Crippen molar-refractivity contribution in [2.24, 2.45) is 0 Å². The average molecular weight is 518 g/mol. The van der Waals surface area contributed by atoms with Crippen molar-refractivity contribution < 1.29 is 22.4 Å². The Morgan fingerprint density at radius 1 is 1.06 bits per heavy atom. The molecule has 2 aromatic rings. The number of amides is 2. The number of nitrogens with one attached hydrogen (secondary N) is 1. The fourth-order valence-electron chi connectivity index (χ4n) is 3.05. The van der Waals surface area contributed by atoms with Crippen molar-refractivity contribution in [1.82, 2.24) is 10.2 Å². The van der Waals surface area contributed by atoms with Crippen LogP contribution in [0.15, 0.2) is 42.5 Å². The Hall–Kier alpha value is -2.36.